The summed E-state index contributed by atoms with van der Waals surface area (Å²) in [6.07, 6.45) is 3.24. The van der Waals surface area contributed by atoms with Gasteiger partial charge in [0.2, 0.25) is 0 Å². The first-order valence-corrected chi connectivity index (χ1v) is 7.55. The number of fused-ring (bicyclic) bond motifs is 1. The predicted molar refractivity (Wildman–Crippen MR) is 89.8 cm³/mol. The molecule has 3 aromatic rings. The van der Waals surface area contributed by atoms with E-state index in [9.17, 15) is 9.59 Å². The van der Waals surface area contributed by atoms with E-state index in [0.717, 1.165) is 16.6 Å². The SMILES string of the molecule is N[C@@H](CC(=O)c1cn(Cc2ccccn2)c2ccccc12)C(=O)O. The third-order valence-electron chi connectivity index (χ3n) is 3.87. The van der Waals surface area contributed by atoms with Crippen molar-refractivity contribution < 1.29 is 14.7 Å². The van der Waals surface area contributed by atoms with Crippen LogP contribution in [-0.2, 0) is 11.3 Å². The minimum Gasteiger partial charge on any atom is -0.480 e. The fourth-order valence-electron chi connectivity index (χ4n) is 2.66. The van der Waals surface area contributed by atoms with Crippen LogP contribution in [0.2, 0.25) is 0 Å². The van der Waals surface area contributed by atoms with Crippen molar-refractivity contribution >= 4 is 22.7 Å². The second kappa shape index (κ2) is 6.64. The summed E-state index contributed by atoms with van der Waals surface area (Å²) >= 11 is 0. The lowest BCUT2D eigenvalue weighted by atomic mass is 10.0. The summed E-state index contributed by atoms with van der Waals surface area (Å²) in [6.45, 7) is 0.527. The van der Waals surface area contributed by atoms with Crippen molar-refractivity contribution in [1.82, 2.24) is 9.55 Å². The van der Waals surface area contributed by atoms with Gasteiger partial charge in [-0.05, 0) is 18.2 Å². The zero-order valence-electron chi connectivity index (χ0n) is 12.9. The third-order valence-corrected chi connectivity index (χ3v) is 3.87. The predicted octanol–water partition coefficient (Wildman–Crippen LogP) is 2.07. The summed E-state index contributed by atoms with van der Waals surface area (Å²) in [5, 5.41) is 9.69. The number of carboxylic acid groups (broad SMARTS) is 1. The Balaban J connectivity index is 1.97. The lowest BCUT2D eigenvalue weighted by Gasteiger charge is -2.04. The van der Waals surface area contributed by atoms with Crippen molar-refractivity contribution in [1.29, 1.82) is 0 Å². The molecule has 2 heterocycles. The van der Waals surface area contributed by atoms with Crippen LogP contribution in [0.1, 0.15) is 22.5 Å². The van der Waals surface area contributed by atoms with Gasteiger partial charge < -0.3 is 15.4 Å². The average molecular weight is 323 g/mol. The lowest BCUT2D eigenvalue weighted by Crippen LogP contribution is -2.32. The Hall–Kier alpha value is -2.99. The first kappa shape index (κ1) is 15.9. The Morgan fingerprint density at radius 2 is 1.92 bits per heavy atom. The average Bonchev–Trinajstić information content (AvgIpc) is 2.94. The molecule has 6 nitrogen and oxygen atoms in total. The van der Waals surface area contributed by atoms with Gasteiger partial charge in [0.1, 0.15) is 6.04 Å². The zero-order chi connectivity index (χ0) is 17.1. The number of pyridine rings is 1. The fraction of sp³-hybridized carbons (Fsp3) is 0.167. The van der Waals surface area contributed by atoms with Crippen molar-refractivity contribution in [3.05, 3.63) is 66.1 Å². The zero-order valence-corrected chi connectivity index (χ0v) is 12.9. The van der Waals surface area contributed by atoms with Gasteiger partial charge in [0.15, 0.2) is 5.78 Å². The molecule has 122 valence electrons. The van der Waals surface area contributed by atoms with E-state index in [1.807, 2.05) is 47.0 Å². The van der Waals surface area contributed by atoms with E-state index in [-0.39, 0.29) is 12.2 Å². The minimum atomic E-state index is -1.20. The van der Waals surface area contributed by atoms with Crippen LogP contribution in [0.5, 0.6) is 0 Å². The van der Waals surface area contributed by atoms with Crippen molar-refractivity contribution in [3.8, 4) is 0 Å². The largest absolute Gasteiger partial charge is 0.480 e. The molecule has 0 fully saturated rings. The Bertz CT molecular complexity index is 887. The highest BCUT2D eigenvalue weighted by atomic mass is 16.4. The van der Waals surface area contributed by atoms with E-state index < -0.39 is 12.0 Å². The van der Waals surface area contributed by atoms with Crippen LogP contribution >= 0.6 is 0 Å². The van der Waals surface area contributed by atoms with Crippen LogP contribution in [0.15, 0.2) is 54.9 Å². The molecular weight excluding hydrogens is 306 g/mol. The molecular formula is C18H17N3O3. The standard InChI is InChI=1S/C18H17N3O3/c19-15(18(23)24)9-17(22)14-11-21(10-12-5-3-4-8-20-12)16-7-2-1-6-13(14)16/h1-8,11,15H,9-10,19H2,(H,23,24)/t15-/m0/s1. The molecule has 0 unspecified atom stereocenters. The van der Waals surface area contributed by atoms with Crippen molar-refractivity contribution in [3.63, 3.8) is 0 Å². The molecule has 3 rings (SSSR count). The Morgan fingerprint density at radius 1 is 1.17 bits per heavy atom. The molecule has 6 heteroatoms. The molecule has 0 amide bonds. The number of para-hydroxylation sites is 1. The number of hydrogen-bond acceptors (Lipinski definition) is 4. The molecule has 0 aliphatic heterocycles. The van der Waals surface area contributed by atoms with Crippen LogP contribution in [0.3, 0.4) is 0 Å². The number of aromatic nitrogens is 2. The maximum atomic E-state index is 12.5. The number of benzene rings is 1. The van der Waals surface area contributed by atoms with Crippen LogP contribution < -0.4 is 5.73 Å². The quantitative estimate of drug-likeness (QED) is 0.677. The smallest absolute Gasteiger partial charge is 0.320 e. The van der Waals surface area contributed by atoms with E-state index >= 15 is 0 Å². The maximum Gasteiger partial charge on any atom is 0.320 e. The maximum absolute atomic E-state index is 12.5. The molecule has 3 N–H and O–H groups in total. The highest BCUT2D eigenvalue weighted by molar-refractivity contribution is 6.09. The van der Waals surface area contributed by atoms with Gasteiger partial charge >= 0.3 is 5.97 Å². The summed E-state index contributed by atoms with van der Waals surface area (Å²) in [4.78, 5) is 27.7. The second-order valence-electron chi connectivity index (χ2n) is 5.58. The number of carboxylic acids is 1. The molecule has 0 aliphatic rings. The van der Waals surface area contributed by atoms with Crippen LogP contribution in [-0.4, -0.2) is 32.5 Å². The number of carbonyl (C=O) groups is 2. The molecule has 0 spiro atoms. The summed E-state index contributed by atoms with van der Waals surface area (Å²) in [7, 11) is 0. The Kier molecular flexibility index (Phi) is 4.39. The van der Waals surface area contributed by atoms with Gasteiger partial charge in [0, 0.05) is 35.3 Å². The number of carbonyl (C=O) groups excluding carboxylic acids is 1. The highest BCUT2D eigenvalue weighted by Gasteiger charge is 2.21. The van der Waals surface area contributed by atoms with Crippen LogP contribution in [0.25, 0.3) is 10.9 Å². The molecule has 0 saturated carbocycles. The molecule has 1 aromatic carbocycles. The summed E-state index contributed by atoms with van der Waals surface area (Å²) in [5.74, 6) is -1.46. The van der Waals surface area contributed by atoms with Crippen molar-refractivity contribution in [2.75, 3.05) is 0 Å². The normalized spacial score (nSPS) is 12.2. The molecule has 2 aromatic heterocycles. The minimum absolute atomic E-state index is 0.229. The Labute approximate surface area is 138 Å². The van der Waals surface area contributed by atoms with E-state index in [1.165, 1.54) is 0 Å². The Morgan fingerprint density at radius 3 is 2.62 bits per heavy atom. The second-order valence-corrected chi connectivity index (χ2v) is 5.58. The van der Waals surface area contributed by atoms with Crippen molar-refractivity contribution in [2.24, 2.45) is 5.73 Å². The number of ketones is 1. The molecule has 0 saturated heterocycles. The fourth-order valence-corrected chi connectivity index (χ4v) is 2.66. The monoisotopic (exact) mass is 323 g/mol. The van der Waals surface area contributed by atoms with Gasteiger partial charge in [0.25, 0.3) is 0 Å². The molecule has 1 atom stereocenters. The van der Waals surface area contributed by atoms with Gasteiger partial charge in [-0.25, -0.2) is 0 Å². The van der Waals surface area contributed by atoms with Crippen LogP contribution in [0, 0.1) is 0 Å². The van der Waals surface area contributed by atoms with E-state index in [4.69, 9.17) is 10.8 Å². The third kappa shape index (κ3) is 3.18. The van der Waals surface area contributed by atoms with Crippen LogP contribution in [0.4, 0.5) is 0 Å². The first-order valence-electron chi connectivity index (χ1n) is 7.55. The number of nitrogens with zero attached hydrogens (tertiary/aromatic N) is 2. The topological polar surface area (TPSA) is 98.2 Å². The summed E-state index contributed by atoms with van der Waals surface area (Å²) in [5.41, 5.74) is 7.75. The molecule has 0 radical (unpaired) electrons. The highest BCUT2D eigenvalue weighted by Crippen LogP contribution is 2.23. The first-order chi connectivity index (χ1) is 11.6. The molecule has 0 bridgehead atoms. The number of nitrogens with two attached hydrogens (primary N) is 1. The molecule has 24 heavy (non-hydrogen) atoms. The number of aliphatic carboxylic acids is 1. The van der Waals surface area contributed by atoms with E-state index in [1.54, 1.807) is 12.4 Å². The van der Waals surface area contributed by atoms with Gasteiger partial charge in [-0.15, -0.1) is 0 Å². The number of Topliss-reactive ketones (excluding diaryl/α,β-unsaturated/α-hetero) is 1. The van der Waals surface area contributed by atoms with Gasteiger partial charge in [-0.1, -0.05) is 24.3 Å². The summed E-state index contributed by atoms with van der Waals surface area (Å²) < 4.78 is 1.94. The number of hydrogen-bond donors (Lipinski definition) is 2. The molecule has 0 aliphatic carbocycles. The van der Waals surface area contributed by atoms with E-state index in [0.29, 0.717) is 12.1 Å². The summed E-state index contributed by atoms with van der Waals surface area (Å²) in [6, 6.07) is 12.0. The lowest BCUT2D eigenvalue weighted by molar-refractivity contribution is -0.138. The van der Waals surface area contributed by atoms with Crippen molar-refractivity contribution in [2.45, 2.75) is 19.0 Å². The van der Waals surface area contributed by atoms with Gasteiger partial charge in [-0.2, -0.15) is 0 Å². The van der Waals surface area contributed by atoms with Gasteiger partial charge in [0.05, 0.1) is 12.2 Å². The number of rotatable bonds is 6. The van der Waals surface area contributed by atoms with E-state index in [2.05, 4.69) is 4.98 Å². The van der Waals surface area contributed by atoms with Gasteiger partial charge in [-0.3, -0.25) is 14.6 Å².